The topological polar surface area (TPSA) is 73.5 Å². The fraction of sp³-hybridized carbons (Fsp3) is 0.529. The van der Waals surface area contributed by atoms with Gasteiger partial charge in [-0.1, -0.05) is 6.92 Å². The van der Waals surface area contributed by atoms with Gasteiger partial charge in [0.15, 0.2) is 0 Å². The first-order chi connectivity index (χ1) is 11.5. The van der Waals surface area contributed by atoms with E-state index in [4.69, 9.17) is 0 Å². The highest BCUT2D eigenvalue weighted by Gasteiger charge is 2.28. The largest absolute Gasteiger partial charge is 0.351 e. The molecule has 2 aliphatic rings. The third-order valence-electron chi connectivity index (χ3n) is 4.85. The van der Waals surface area contributed by atoms with Crippen LogP contribution in [0.15, 0.2) is 18.2 Å². The number of piperidine rings is 1. The molecule has 6 nitrogen and oxygen atoms in total. The van der Waals surface area contributed by atoms with Crippen LogP contribution in [-0.4, -0.2) is 44.7 Å². The predicted octanol–water partition coefficient (Wildman–Crippen LogP) is 1.47. The summed E-state index contributed by atoms with van der Waals surface area (Å²) in [6, 6.07) is 3.98. The molecule has 0 bridgehead atoms. The minimum Gasteiger partial charge on any atom is -0.351 e. The number of hydrogen-bond donors (Lipinski definition) is 3. The number of benzene rings is 1. The second-order valence-corrected chi connectivity index (χ2v) is 6.79. The Balaban J connectivity index is 1.70. The zero-order valence-corrected chi connectivity index (χ0v) is 13.8. The molecule has 0 saturated carbocycles. The van der Waals surface area contributed by atoms with E-state index in [1.807, 2.05) is 0 Å². The predicted molar refractivity (Wildman–Crippen MR) is 89.7 cm³/mol. The summed E-state index contributed by atoms with van der Waals surface area (Å²) in [4.78, 5) is 25.6. The van der Waals surface area contributed by atoms with Crippen molar-refractivity contribution in [3.05, 3.63) is 29.6 Å². The van der Waals surface area contributed by atoms with Gasteiger partial charge >= 0.3 is 6.03 Å². The van der Waals surface area contributed by atoms with Gasteiger partial charge in [0.25, 0.3) is 5.91 Å². The number of nitrogens with one attached hydrogen (secondary N) is 3. The minimum atomic E-state index is -0.577. The Bertz CT molecular complexity index is 643. The number of amides is 3. The summed E-state index contributed by atoms with van der Waals surface area (Å²) in [5.74, 6) is -1.01. The van der Waals surface area contributed by atoms with E-state index in [9.17, 15) is 14.0 Å². The molecule has 3 N–H and O–H groups in total. The lowest BCUT2D eigenvalue weighted by molar-refractivity contribution is 0.0918. The standard InChI is InChI=1S/C17H23FN4O2/c1-17(4-6-19-7-5-17)11-21-15(23)13-10-12(2-3-14(13)18)22-9-8-20-16(22)24/h2-3,10,19H,4-9,11H2,1H3,(H,20,24)(H,21,23). The molecule has 3 rings (SSSR count). The number of anilines is 1. The molecule has 1 aromatic rings. The Morgan fingerprint density at radius 3 is 2.75 bits per heavy atom. The first-order valence-corrected chi connectivity index (χ1v) is 8.32. The number of carbonyl (C=O) groups is 2. The van der Waals surface area contributed by atoms with E-state index < -0.39 is 11.7 Å². The van der Waals surface area contributed by atoms with Gasteiger partial charge in [0.05, 0.1) is 5.56 Å². The monoisotopic (exact) mass is 334 g/mol. The Kier molecular flexibility index (Phi) is 4.71. The fourth-order valence-corrected chi connectivity index (χ4v) is 3.17. The van der Waals surface area contributed by atoms with E-state index in [0.29, 0.717) is 25.3 Å². The van der Waals surface area contributed by atoms with E-state index >= 15 is 0 Å². The molecular formula is C17H23FN4O2. The van der Waals surface area contributed by atoms with Crippen molar-refractivity contribution in [2.24, 2.45) is 5.41 Å². The number of rotatable bonds is 4. The van der Waals surface area contributed by atoms with Crippen LogP contribution in [0.1, 0.15) is 30.1 Å². The van der Waals surface area contributed by atoms with Crippen LogP contribution < -0.4 is 20.9 Å². The molecule has 0 spiro atoms. The second kappa shape index (κ2) is 6.76. The van der Waals surface area contributed by atoms with Crippen LogP contribution in [0.3, 0.4) is 0 Å². The van der Waals surface area contributed by atoms with Crippen LogP contribution >= 0.6 is 0 Å². The fourth-order valence-electron chi connectivity index (χ4n) is 3.17. The number of halogens is 1. The molecule has 0 aliphatic carbocycles. The molecule has 2 aliphatic heterocycles. The zero-order chi connectivity index (χ0) is 17.2. The maximum absolute atomic E-state index is 14.1. The number of hydrogen-bond acceptors (Lipinski definition) is 3. The summed E-state index contributed by atoms with van der Waals surface area (Å²) in [5, 5.41) is 8.84. The van der Waals surface area contributed by atoms with Crippen LogP contribution in [-0.2, 0) is 0 Å². The molecule has 0 radical (unpaired) electrons. The molecule has 0 unspecified atom stereocenters. The Morgan fingerprint density at radius 1 is 1.33 bits per heavy atom. The van der Waals surface area contributed by atoms with Crippen molar-refractivity contribution in [1.29, 1.82) is 0 Å². The average molecular weight is 334 g/mol. The SMILES string of the molecule is CC1(CNC(=O)c2cc(N3CCNC3=O)ccc2F)CCNCC1. The van der Waals surface area contributed by atoms with Crippen molar-refractivity contribution in [2.75, 3.05) is 37.6 Å². The lowest BCUT2D eigenvalue weighted by Gasteiger charge is -2.34. The first-order valence-electron chi connectivity index (χ1n) is 8.32. The zero-order valence-electron chi connectivity index (χ0n) is 13.8. The highest BCUT2D eigenvalue weighted by Crippen LogP contribution is 2.27. The lowest BCUT2D eigenvalue weighted by atomic mass is 9.81. The number of nitrogens with zero attached hydrogens (tertiary/aromatic N) is 1. The van der Waals surface area contributed by atoms with Gasteiger partial charge in [-0.15, -0.1) is 0 Å². The molecule has 130 valence electrons. The summed E-state index contributed by atoms with van der Waals surface area (Å²) in [7, 11) is 0. The summed E-state index contributed by atoms with van der Waals surface area (Å²) in [6.45, 7) is 5.57. The van der Waals surface area contributed by atoms with E-state index in [2.05, 4.69) is 22.9 Å². The summed E-state index contributed by atoms with van der Waals surface area (Å²) in [5.41, 5.74) is 0.540. The molecule has 2 heterocycles. The average Bonchev–Trinajstić information content (AvgIpc) is 3.00. The first kappa shape index (κ1) is 16.7. The molecule has 3 amide bonds. The second-order valence-electron chi connectivity index (χ2n) is 6.79. The summed E-state index contributed by atoms with van der Waals surface area (Å²) < 4.78 is 14.1. The molecule has 2 fully saturated rings. The molecule has 0 atom stereocenters. The van der Waals surface area contributed by atoms with Crippen molar-refractivity contribution in [1.82, 2.24) is 16.0 Å². The van der Waals surface area contributed by atoms with Crippen LogP contribution in [0.5, 0.6) is 0 Å². The molecular weight excluding hydrogens is 311 g/mol. The van der Waals surface area contributed by atoms with Crippen LogP contribution in [0.2, 0.25) is 0 Å². The van der Waals surface area contributed by atoms with Gasteiger partial charge < -0.3 is 16.0 Å². The van der Waals surface area contributed by atoms with Crippen molar-refractivity contribution in [3.63, 3.8) is 0 Å². The van der Waals surface area contributed by atoms with Crippen LogP contribution in [0.4, 0.5) is 14.9 Å². The van der Waals surface area contributed by atoms with E-state index in [-0.39, 0.29) is 17.0 Å². The third-order valence-corrected chi connectivity index (χ3v) is 4.85. The van der Waals surface area contributed by atoms with Crippen molar-refractivity contribution < 1.29 is 14.0 Å². The number of urea groups is 1. The van der Waals surface area contributed by atoms with Crippen molar-refractivity contribution >= 4 is 17.6 Å². The normalized spacial score (nSPS) is 19.9. The van der Waals surface area contributed by atoms with Gasteiger partial charge in [-0.05, 0) is 49.5 Å². The van der Waals surface area contributed by atoms with E-state index in [0.717, 1.165) is 25.9 Å². The van der Waals surface area contributed by atoms with E-state index in [1.54, 1.807) is 0 Å². The van der Waals surface area contributed by atoms with Crippen molar-refractivity contribution in [3.8, 4) is 0 Å². The van der Waals surface area contributed by atoms with Gasteiger partial charge in [-0.2, -0.15) is 0 Å². The Labute approximate surface area is 140 Å². The lowest BCUT2D eigenvalue weighted by Crippen LogP contribution is -2.43. The minimum absolute atomic E-state index is 0.0234. The molecule has 2 saturated heterocycles. The maximum atomic E-state index is 14.1. The Hall–Kier alpha value is -2.15. The smallest absolute Gasteiger partial charge is 0.321 e. The molecule has 0 aromatic heterocycles. The third kappa shape index (κ3) is 3.51. The summed E-state index contributed by atoms with van der Waals surface area (Å²) in [6.07, 6.45) is 1.95. The van der Waals surface area contributed by atoms with E-state index in [1.165, 1.54) is 23.1 Å². The maximum Gasteiger partial charge on any atom is 0.321 e. The molecule has 7 heteroatoms. The number of carbonyl (C=O) groups excluding carboxylic acids is 2. The van der Waals surface area contributed by atoms with Crippen molar-refractivity contribution in [2.45, 2.75) is 19.8 Å². The Morgan fingerprint density at radius 2 is 2.08 bits per heavy atom. The highest BCUT2D eigenvalue weighted by atomic mass is 19.1. The quantitative estimate of drug-likeness (QED) is 0.781. The van der Waals surface area contributed by atoms with Crippen LogP contribution in [0.25, 0.3) is 0 Å². The molecule has 1 aromatic carbocycles. The highest BCUT2D eigenvalue weighted by molar-refractivity contribution is 5.98. The molecule has 24 heavy (non-hydrogen) atoms. The van der Waals surface area contributed by atoms with Gasteiger partial charge in [-0.25, -0.2) is 9.18 Å². The van der Waals surface area contributed by atoms with Gasteiger partial charge in [0, 0.05) is 25.3 Å². The van der Waals surface area contributed by atoms with Gasteiger partial charge in [0.1, 0.15) is 5.82 Å². The van der Waals surface area contributed by atoms with Crippen LogP contribution in [0, 0.1) is 11.2 Å². The van der Waals surface area contributed by atoms with Gasteiger partial charge in [0.2, 0.25) is 0 Å². The summed E-state index contributed by atoms with van der Waals surface area (Å²) >= 11 is 0. The van der Waals surface area contributed by atoms with Gasteiger partial charge in [-0.3, -0.25) is 9.69 Å².